The number of rotatable bonds is 7. The van der Waals surface area contributed by atoms with Crippen molar-refractivity contribution in [3.8, 4) is 0 Å². The fraction of sp³-hybridized carbons (Fsp3) is 0.333. The molecule has 3 nitrogen and oxygen atoms in total. The van der Waals surface area contributed by atoms with E-state index in [-0.39, 0.29) is 0 Å². The molecule has 0 aliphatic rings. The molecule has 0 aliphatic carbocycles. The molecule has 1 atom stereocenters. The van der Waals surface area contributed by atoms with Crippen LogP contribution in [-0.2, 0) is 13.0 Å². The van der Waals surface area contributed by atoms with E-state index in [0.29, 0.717) is 13.1 Å². The van der Waals surface area contributed by atoms with Gasteiger partial charge in [-0.15, -0.1) is 0 Å². The van der Waals surface area contributed by atoms with Gasteiger partial charge in [0, 0.05) is 23.1 Å². The summed E-state index contributed by atoms with van der Waals surface area (Å²) in [7, 11) is 0. The first-order chi connectivity index (χ1) is 11.7. The Morgan fingerprint density at radius 1 is 1.00 bits per heavy atom. The van der Waals surface area contributed by atoms with Gasteiger partial charge in [-0.25, -0.2) is 0 Å². The van der Waals surface area contributed by atoms with Gasteiger partial charge >= 0.3 is 0 Å². The molecular weight excluding hydrogens is 296 g/mol. The third kappa shape index (κ3) is 3.69. The van der Waals surface area contributed by atoms with Crippen LogP contribution in [0.25, 0.3) is 10.9 Å². The zero-order valence-electron chi connectivity index (χ0n) is 14.5. The Kier molecular flexibility index (Phi) is 5.34. The normalized spacial score (nSPS) is 12.6. The van der Waals surface area contributed by atoms with Crippen LogP contribution in [0.3, 0.4) is 0 Å². The van der Waals surface area contributed by atoms with Crippen molar-refractivity contribution in [3.63, 3.8) is 0 Å². The average molecular weight is 322 g/mol. The first kappa shape index (κ1) is 16.7. The average Bonchev–Trinajstić information content (AvgIpc) is 2.85. The molecule has 0 bridgehead atoms. The third-order valence-corrected chi connectivity index (χ3v) is 4.75. The smallest absolute Gasteiger partial charge is 0.0843 e. The molecule has 24 heavy (non-hydrogen) atoms. The summed E-state index contributed by atoms with van der Waals surface area (Å²) >= 11 is 0. The van der Waals surface area contributed by atoms with E-state index in [1.165, 1.54) is 27.7 Å². The fourth-order valence-corrected chi connectivity index (χ4v) is 3.26. The predicted octanol–water partition coefficient (Wildman–Crippen LogP) is 3.45. The molecule has 2 aromatic carbocycles. The van der Waals surface area contributed by atoms with Crippen molar-refractivity contribution in [1.29, 1.82) is 0 Å². The highest BCUT2D eigenvalue weighted by Gasteiger charge is 2.13. The Hall–Kier alpha value is -2.10. The first-order valence-electron chi connectivity index (χ1n) is 8.64. The van der Waals surface area contributed by atoms with Crippen molar-refractivity contribution in [1.82, 2.24) is 9.88 Å². The van der Waals surface area contributed by atoms with Crippen LogP contribution in [-0.4, -0.2) is 28.9 Å². The van der Waals surface area contributed by atoms with Gasteiger partial charge in [-0.3, -0.25) is 0 Å². The Morgan fingerprint density at radius 2 is 1.71 bits per heavy atom. The molecule has 0 radical (unpaired) electrons. The standard InChI is InChI=1S/C21H26N2O/c1-16-17(2)23(21-11-7-6-10-20(16)21)15-19(24)14-22-13-12-18-8-4-3-5-9-18/h3-11,19,22,24H,12-15H2,1-2H3/t19-/m0/s1. The fourth-order valence-electron chi connectivity index (χ4n) is 3.26. The van der Waals surface area contributed by atoms with E-state index in [1.807, 2.05) is 6.07 Å². The maximum Gasteiger partial charge on any atom is 0.0843 e. The van der Waals surface area contributed by atoms with Crippen LogP contribution in [0.2, 0.25) is 0 Å². The van der Waals surface area contributed by atoms with Crippen molar-refractivity contribution < 1.29 is 5.11 Å². The molecule has 2 N–H and O–H groups in total. The molecule has 1 aromatic heterocycles. The molecular formula is C21H26N2O. The van der Waals surface area contributed by atoms with Crippen molar-refractivity contribution in [2.45, 2.75) is 32.9 Å². The summed E-state index contributed by atoms with van der Waals surface area (Å²) in [6, 6.07) is 18.8. The molecule has 1 heterocycles. The zero-order chi connectivity index (χ0) is 16.9. The second kappa shape index (κ2) is 7.65. The number of nitrogens with zero attached hydrogens (tertiary/aromatic N) is 1. The molecule has 0 saturated carbocycles. The summed E-state index contributed by atoms with van der Waals surface area (Å²) in [6.45, 7) is 6.39. The molecule has 0 amide bonds. The summed E-state index contributed by atoms with van der Waals surface area (Å²) in [6.07, 6.45) is 0.590. The van der Waals surface area contributed by atoms with Crippen LogP contribution in [0.5, 0.6) is 0 Å². The number of fused-ring (bicyclic) bond motifs is 1. The lowest BCUT2D eigenvalue weighted by molar-refractivity contribution is 0.152. The van der Waals surface area contributed by atoms with Crippen molar-refractivity contribution in [3.05, 3.63) is 71.4 Å². The molecule has 0 spiro atoms. The van der Waals surface area contributed by atoms with Gasteiger partial charge in [0.15, 0.2) is 0 Å². The highest BCUT2D eigenvalue weighted by Crippen LogP contribution is 2.25. The Labute approximate surface area is 143 Å². The van der Waals surface area contributed by atoms with Crippen molar-refractivity contribution in [2.24, 2.45) is 0 Å². The number of hydrogen-bond acceptors (Lipinski definition) is 2. The highest BCUT2D eigenvalue weighted by molar-refractivity contribution is 5.85. The van der Waals surface area contributed by atoms with Gasteiger partial charge in [0.1, 0.15) is 0 Å². The van der Waals surface area contributed by atoms with E-state index in [1.54, 1.807) is 0 Å². The Morgan fingerprint density at radius 3 is 2.50 bits per heavy atom. The molecule has 0 aliphatic heterocycles. The largest absolute Gasteiger partial charge is 0.390 e. The minimum atomic E-state index is -0.394. The summed E-state index contributed by atoms with van der Waals surface area (Å²) in [5.41, 5.74) is 5.06. The number of benzene rings is 2. The van der Waals surface area contributed by atoms with Crippen LogP contribution >= 0.6 is 0 Å². The van der Waals surface area contributed by atoms with E-state index >= 15 is 0 Å². The highest BCUT2D eigenvalue weighted by atomic mass is 16.3. The molecule has 0 saturated heterocycles. The number of aryl methyl sites for hydroxylation is 1. The quantitative estimate of drug-likeness (QED) is 0.654. The minimum absolute atomic E-state index is 0.394. The van der Waals surface area contributed by atoms with Gasteiger partial charge in [0.25, 0.3) is 0 Å². The third-order valence-electron chi connectivity index (χ3n) is 4.75. The van der Waals surface area contributed by atoms with E-state index in [9.17, 15) is 5.11 Å². The monoisotopic (exact) mass is 322 g/mol. The number of aliphatic hydroxyl groups is 1. The maximum absolute atomic E-state index is 10.4. The number of aliphatic hydroxyl groups excluding tert-OH is 1. The Balaban J connectivity index is 1.56. The van der Waals surface area contributed by atoms with Crippen LogP contribution in [0.4, 0.5) is 0 Å². The van der Waals surface area contributed by atoms with E-state index in [4.69, 9.17) is 0 Å². The lowest BCUT2D eigenvalue weighted by Crippen LogP contribution is -2.31. The topological polar surface area (TPSA) is 37.2 Å². The zero-order valence-corrected chi connectivity index (χ0v) is 14.5. The summed E-state index contributed by atoms with van der Waals surface area (Å²) in [5.74, 6) is 0. The SMILES string of the molecule is Cc1c(C)n(C[C@@H](O)CNCCc2ccccc2)c2ccccc12. The van der Waals surface area contributed by atoms with Crippen LogP contribution in [0.1, 0.15) is 16.8 Å². The van der Waals surface area contributed by atoms with Crippen LogP contribution in [0, 0.1) is 13.8 Å². The van der Waals surface area contributed by atoms with Gasteiger partial charge in [-0.1, -0.05) is 48.5 Å². The second-order valence-electron chi connectivity index (χ2n) is 6.43. The van der Waals surface area contributed by atoms with Gasteiger partial charge in [-0.05, 0) is 44.0 Å². The molecule has 0 fully saturated rings. The maximum atomic E-state index is 10.4. The first-order valence-corrected chi connectivity index (χ1v) is 8.64. The number of aromatic nitrogens is 1. The van der Waals surface area contributed by atoms with Gasteiger partial charge < -0.3 is 15.0 Å². The number of nitrogens with one attached hydrogen (secondary N) is 1. The van der Waals surface area contributed by atoms with Gasteiger partial charge in [0.2, 0.25) is 0 Å². The summed E-state index contributed by atoms with van der Waals surface area (Å²) in [5, 5.41) is 15.1. The van der Waals surface area contributed by atoms with E-state index in [0.717, 1.165) is 13.0 Å². The lowest BCUT2D eigenvalue weighted by Gasteiger charge is -2.15. The molecule has 3 aromatic rings. The van der Waals surface area contributed by atoms with E-state index in [2.05, 4.69) is 72.3 Å². The lowest BCUT2D eigenvalue weighted by atomic mass is 10.1. The Bertz CT molecular complexity index is 792. The van der Waals surface area contributed by atoms with Gasteiger partial charge in [0.05, 0.1) is 12.6 Å². The molecule has 0 unspecified atom stereocenters. The number of para-hydroxylation sites is 1. The van der Waals surface area contributed by atoms with Crippen LogP contribution in [0.15, 0.2) is 54.6 Å². The second-order valence-corrected chi connectivity index (χ2v) is 6.43. The molecule has 3 rings (SSSR count). The summed E-state index contributed by atoms with van der Waals surface area (Å²) in [4.78, 5) is 0. The van der Waals surface area contributed by atoms with Crippen molar-refractivity contribution in [2.75, 3.05) is 13.1 Å². The van der Waals surface area contributed by atoms with Gasteiger partial charge in [-0.2, -0.15) is 0 Å². The van der Waals surface area contributed by atoms with Crippen molar-refractivity contribution >= 4 is 10.9 Å². The predicted molar refractivity (Wildman–Crippen MR) is 100 cm³/mol. The minimum Gasteiger partial charge on any atom is -0.390 e. The molecule has 3 heteroatoms. The van der Waals surface area contributed by atoms with E-state index < -0.39 is 6.10 Å². The molecule has 126 valence electrons. The summed E-state index contributed by atoms with van der Waals surface area (Å²) < 4.78 is 2.23. The van der Waals surface area contributed by atoms with Crippen LogP contribution < -0.4 is 5.32 Å². The number of hydrogen-bond donors (Lipinski definition) is 2.